The van der Waals surface area contributed by atoms with Crippen molar-refractivity contribution < 1.29 is 13.2 Å². The lowest BCUT2D eigenvalue weighted by molar-refractivity contribution is 0.414. The lowest BCUT2D eigenvalue weighted by Gasteiger charge is -2.11. The van der Waals surface area contributed by atoms with E-state index in [1.165, 1.54) is 19.2 Å². The minimum atomic E-state index is -3.73. The molecule has 0 saturated carbocycles. The molecule has 0 fully saturated rings. The fraction of sp³-hybridized carbons (Fsp3) is 0.100. The van der Waals surface area contributed by atoms with Crippen LogP contribution in [0.25, 0.3) is 11.1 Å². The Balaban J connectivity index is 1.92. The maximum Gasteiger partial charge on any atom is 0.261 e. The zero-order valence-corrected chi connectivity index (χ0v) is 15.6. The largest absolute Gasteiger partial charge is 0.497 e. The third kappa shape index (κ3) is 4.25. The summed E-state index contributed by atoms with van der Waals surface area (Å²) in [4.78, 5) is 4.20. The first-order valence-electron chi connectivity index (χ1n) is 8.06. The van der Waals surface area contributed by atoms with Gasteiger partial charge >= 0.3 is 0 Å². The quantitative estimate of drug-likeness (QED) is 0.729. The summed E-state index contributed by atoms with van der Waals surface area (Å²) in [6, 6.07) is 17.0. The highest BCUT2D eigenvalue weighted by atomic mass is 32.2. The summed E-state index contributed by atoms with van der Waals surface area (Å²) in [6.45, 7) is 1.88. The number of aryl methyl sites for hydroxylation is 1. The van der Waals surface area contributed by atoms with E-state index < -0.39 is 10.0 Å². The molecule has 0 amide bonds. The number of nitriles is 1. The molecule has 0 aliphatic carbocycles. The average Bonchev–Trinajstić information content (AvgIpc) is 2.67. The second-order valence-electron chi connectivity index (χ2n) is 5.91. The van der Waals surface area contributed by atoms with Crippen LogP contribution in [0.15, 0.2) is 65.7 Å². The number of rotatable bonds is 5. The Hall–Kier alpha value is -3.37. The summed E-state index contributed by atoms with van der Waals surface area (Å²) in [5, 5.41) is 8.86. The molecule has 7 heteroatoms. The standard InChI is InChI=1S/C20H17N3O3S/c1-14-9-16(15-3-4-17(12-21)22-13-15)11-18(10-14)23-27(24,25)20-7-5-19(26-2)6-8-20/h3-11,13,23H,1-2H3. The van der Waals surface area contributed by atoms with Crippen molar-refractivity contribution >= 4 is 15.7 Å². The number of nitrogens with one attached hydrogen (secondary N) is 1. The number of hydrogen-bond donors (Lipinski definition) is 1. The van der Waals surface area contributed by atoms with Gasteiger partial charge in [-0.25, -0.2) is 13.4 Å². The molecule has 0 unspecified atom stereocenters. The van der Waals surface area contributed by atoms with Crippen LogP contribution >= 0.6 is 0 Å². The molecule has 1 N–H and O–H groups in total. The van der Waals surface area contributed by atoms with Crippen LogP contribution in [0.5, 0.6) is 5.75 Å². The number of benzene rings is 2. The summed E-state index contributed by atoms with van der Waals surface area (Å²) in [7, 11) is -2.21. The lowest BCUT2D eigenvalue weighted by atomic mass is 10.0. The van der Waals surface area contributed by atoms with Gasteiger partial charge < -0.3 is 4.74 Å². The van der Waals surface area contributed by atoms with Crippen molar-refractivity contribution in [1.82, 2.24) is 4.98 Å². The molecular formula is C20H17N3O3S. The van der Waals surface area contributed by atoms with Crippen LogP contribution in [-0.4, -0.2) is 20.5 Å². The fourth-order valence-corrected chi connectivity index (χ4v) is 3.65. The molecule has 0 radical (unpaired) electrons. The highest BCUT2D eigenvalue weighted by Gasteiger charge is 2.15. The number of hydrogen-bond acceptors (Lipinski definition) is 5. The molecule has 0 saturated heterocycles. The molecule has 0 aliphatic heterocycles. The minimum absolute atomic E-state index is 0.145. The predicted molar refractivity (Wildman–Crippen MR) is 103 cm³/mol. The van der Waals surface area contributed by atoms with E-state index in [2.05, 4.69) is 9.71 Å². The average molecular weight is 379 g/mol. The van der Waals surface area contributed by atoms with Crippen molar-refractivity contribution in [3.05, 3.63) is 72.1 Å². The van der Waals surface area contributed by atoms with Gasteiger partial charge in [-0.2, -0.15) is 5.26 Å². The van der Waals surface area contributed by atoms with E-state index in [1.54, 1.807) is 42.6 Å². The zero-order chi connectivity index (χ0) is 19.4. The van der Waals surface area contributed by atoms with Gasteiger partial charge in [-0.05, 0) is 66.6 Å². The first kappa shape index (κ1) is 18.4. The molecule has 136 valence electrons. The molecular weight excluding hydrogens is 362 g/mol. The monoisotopic (exact) mass is 379 g/mol. The van der Waals surface area contributed by atoms with Gasteiger partial charge in [0.25, 0.3) is 10.0 Å². The molecule has 3 aromatic rings. The van der Waals surface area contributed by atoms with Crippen molar-refractivity contribution in [1.29, 1.82) is 5.26 Å². The smallest absolute Gasteiger partial charge is 0.261 e. The number of sulfonamides is 1. The Morgan fingerprint density at radius 3 is 2.37 bits per heavy atom. The maximum atomic E-state index is 12.6. The number of aromatic nitrogens is 1. The molecule has 27 heavy (non-hydrogen) atoms. The van der Waals surface area contributed by atoms with Gasteiger partial charge in [0, 0.05) is 17.4 Å². The number of nitrogens with zero attached hydrogens (tertiary/aromatic N) is 2. The normalized spacial score (nSPS) is 10.9. The molecule has 6 nitrogen and oxygen atoms in total. The van der Waals surface area contributed by atoms with Crippen LogP contribution < -0.4 is 9.46 Å². The maximum absolute atomic E-state index is 12.6. The van der Waals surface area contributed by atoms with E-state index in [-0.39, 0.29) is 4.90 Å². The highest BCUT2D eigenvalue weighted by Crippen LogP contribution is 2.26. The minimum Gasteiger partial charge on any atom is -0.497 e. The SMILES string of the molecule is COc1ccc(S(=O)(=O)Nc2cc(C)cc(-c3ccc(C#N)nc3)c2)cc1. The van der Waals surface area contributed by atoms with Crippen LogP contribution in [-0.2, 0) is 10.0 Å². The first-order valence-corrected chi connectivity index (χ1v) is 9.55. The van der Waals surface area contributed by atoms with Crippen molar-refractivity contribution in [3.8, 4) is 22.9 Å². The van der Waals surface area contributed by atoms with Crippen molar-refractivity contribution in [2.24, 2.45) is 0 Å². The van der Waals surface area contributed by atoms with Gasteiger partial charge in [0.15, 0.2) is 0 Å². The number of methoxy groups -OCH3 is 1. The van der Waals surface area contributed by atoms with Gasteiger partial charge in [0.05, 0.1) is 12.0 Å². The van der Waals surface area contributed by atoms with Crippen molar-refractivity contribution in [2.45, 2.75) is 11.8 Å². The number of pyridine rings is 1. The van der Waals surface area contributed by atoms with Gasteiger partial charge in [-0.15, -0.1) is 0 Å². The van der Waals surface area contributed by atoms with Crippen LogP contribution in [0, 0.1) is 18.3 Å². The second-order valence-corrected chi connectivity index (χ2v) is 7.60. The molecule has 1 heterocycles. The van der Waals surface area contributed by atoms with Crippen LogP contribution in [0.4, 0.5) is 5.69 Å². The Labute approximate surface area is 158 Å². The third-order valence-electron chi connectivity index (χ3n) is 3.91. The number of anilines is 1. The summed E-state index contributed by atoms with van der Waals surface area (Å²) in [5.41, 5.74) is 3.27. The topological polar surface area (TPSA) is 92.1 Å². The highest BCUT2D eigenvalue weighted by molar-refractivity contribution is 7.92. The van der Waals surface area contributed by atoms with E-state index in [9.17, 15) is 8.42 Å². The third-order valence-corrected chi connectivity index (χ3v) is 5.31. The van der Waals surface area contributed by atoms with Crippen LogP contribution in [0.1, 0.15) is 11.3 Å². The summed E-state index contributed by atoms with van der Waals surface area (Å²) in [5.74, 6) is 0.583. The zero-order valence-electron chi connectivity index (χ0n) is 14.8. The summed E-state index contributed by atoms with van der Waals surface area (Å²) < 4.78 is 32.9. The van der Waals surface area contributed by atoms with E-state index in [0.29, 0.717) is 17.1 Å². The van der Waals surface area contributed by atoms with Gasteiger partial charge in [0.1, 0.15) is 17.5 Å². The molecule has 0 bridgehead atoms. The van der Waals surface area contributed by atoms with E-state index in [4.69, 9.17) is 10.00 Å². The Morgan fingerprint density at radius 2 is 1.78 bits per heavy atom. The van der Waals surface area contributed by atoms with Crippen molar-refractivity contribution in [3.63, 3.8) is 0 Å². The van der Waals surface area contributed by atoms with Crippen molar-refractivity contribution in [2.75, 3.05) is 11.8 Å². The van der Waals surface area contributed by atoms with E-state index >= 15 is 0 Å². The molecule has 0 spiro atoms. The molecule has 0 aliphatic rings. The predicted octanol–water partition coefficient (Wildman–Crippen LogP) is 3.74. The number of ether oxygens (including phenoxy) is 1. The first-order chi connectivity index (χ1) is 12.9. The van der Waals surface area contributed by atoms with Crippen LogP contribution in [0.2, 0.25) is 0 Å². The second kappa shape index (κ2) is 7.48. The Kier molecular flexibility index (Phi) is 5.10. The Morgan fingerprint density at radius 1 is 1.04 bits per heavy atom. The summed E-state index contributed by atoms with van der Waals surface area (Å²) >= 11 is 0. The molecule has 2 aromatic carbocycles. The summed E-state index contributed by atoms with van der Waals surface area (Å²) in [6.07, 6.45) is 1.59. The molecule has 1 aromatic heterocycles. The Bertz CT molecular complexity index is 1100. The molecule has 0 atom stereocenters. The lowest BCUT2D eigenvalue weighted by Crippen LogP contribution is -2.13. The van der Waals surface area contributed by atoms with Crippen LogP contribution in [0.3, 0.4) is 0 Å². The van der Waals surface area contributed by atoms with E-state index in [0.717, 1.165) is 16.7 Å². The van der Waals surface area contributed by atoms with E-state index in [1.807, 2.05) is 19.1 Å². The molecule has 3 rings (SSSR count). The van der Waals surface area contributed by atoms with Gasteiger partial charge in [-0.1, -0.05) is 6.07 Å². The van der Waals surface area contributed by atoms with Gasteiger partial charge in [-0.3, -0.25) is 4.72 Å². The fourth-order valence-electron chi connectivity index (χ4n) is 2.61. The van der Waals surface area contributed by atoms with Gasteiger partial charge in [0.2, 0.25) is 0 Å².